The van der Waals surface area contributed by atoms with Gasteiger partial charge in [-0.2, -0.15) is 0 Å². The summed E-state index contributed by atoms with van der Waals surface area (Å²) in [4.78, 5) is 24.9. The number of carbonyl (C=O) groups excluding carboxylic acids is 2. The highest BCUT2D eigenvalue weighted by Gasteiger charge is 2.29. The second kappa shape index (κ2) is 9.40. The van der Waals surface area contributed by atoms with E-state index < -0.39 is 0 Å². The van der Waals surface area contributed by atoms with Crippen LogP contribution in [0.4, 0.5) is 11.4 Å². The van der Waals surface area contributed by atoms with Gasteiger partial charge in [-0.05, 0) is 56.0 Å². The van der Waals surface area contributed by atoms with Crippen molar-refractivity contribution >= 4 is 23.2 Å². The van der Waals surface area contributed by atoms with Crippen LogP contribution in [0.1, 0.15) is 54.9 Å². The number of amides is 2. The van der Waals surface area contributed by atoms with Gasteiger partial charge in [-0.15, -0.1) is 0 Å². The molecule has 0 unspecified atom stereocenters. The van der Waals surface area contributed by atoms with E-state index in [1.807, 2.05) is 43.3 Å². The quantitative estimate of drug-likeness (QED) is 0.590. The van der Waals surface area contributed by atoms with E-state index >= 15 is 0 Å². The lowest BCUT2D eigenvalue weighted by Crippen LogP contribution is -2.17. The number of ether oxygens (including phenoxy) is 1. The summed E-state index contributed by atoms with van der Waals surface area (Å²) in [5, 5.41) is 5.92. The Labute approximate surface area is 166 Å². The zero-order chi connectivity index (χ0) is 19.9. The first kappa shape index (κ1) is 19.9. The smallest absolute Gasteiger partial charge is 0.259 e. The third kappa shape index (κ3) is 5.12. The molecule has 5 heteroatoms. The number of para-hydroxylation sites is 1. The molecular formula is C23H28N2O3. The van der Waals surface area contributed by atoms with Crippen molar-refractivity contribution in [2.45, 2.75) is 46.0 Å². The maximum absolute atomic E-state index is 12.8. The van der Waals surface area contributed by atoms with Crippen molar-refractivity contribution in [2.75, 3.05) is 17.2 Å². The highest BCUT2D eigenvalue weighted by Crippen LogP contribution is 2.32. The van der Waals surface area contributed by atoms with Crippen LogP contribution < -0.4 is 15.4 Å². The summed E-state index contributed by atoms with van der Waals surface area (Å²) in [6.45, 7) is 4.63. The number of rotatable bonds is 9. The first-order chi connectivity index (χ1) is 13.6. The van der Waals surface area contributed by atoms with Crippen molar-refractivity contribution in [1.29, 1.82) is 0 Å². The van der Waals surface area contributed by atoms with Crippen molar-refractivity contribution in [1.82, 2.24) is 0 Å². The SMILES string of the molecule is CCCCCOc1ccccc1C(=O)Nc1cccc(NC(=O)C2CC2)c1C. The van der Waals surface area contributed by atoms with Crippen molar-refractivity contribution in [3.8, 4) is 5.75 Å². The average Bonchev–Trinajstić information content (AvgIpc) is 3.54. The van der Waals surface area contributed by atoms with Crippen LogP contribution in [0.2, 0.25) is 0 Å². The Kier molecular flexibility index (Phi) is 6.69. The normalized spacial score (nSPS) is 13.1. The molecule has 0 saturated heterocycles. The van der Waals surface area contributed by atoms with E-state index in [9.17, 15) is 9.59 Å². The first-order valence-electron chi connectivity index (χ1n) is 10.0. The third-order valence-electron chi connectivity index (χ3n) is 4.93. The van der Waals surface area contributed by atoms with Gasteiger partial charge in [0.25, 0.3) is 5.91 Å². The van der Waals surface area contributed by atoms with E-state index in [0.717, 1.165) is 43.4 Å². The van der Waals surface area contributed by atoms with Gasteiger partial charge in [-0.1, -0.05) is 38.0 Å². The predicted octanol–water partition coefficient (Wildman–Crippen LogP) is 5.16. The molecule has 0 heterocycles. The fourth-order valence-corrected chi connectivity index (χ4v) is 2.99. The zero-order valence-corrected chi connectivity index (χ0v) is 16.6. The molecule has 0 aliphatic heterocycles. The Morgan fingerprint density at radius 2 is 1.71 bits per heavy atom. The lowest BCUT2D eigenvalue weighted by molar-refractivity contribution is -0.117. The number of hydrogen-bond acceptors (Lipinski definition) is 3. The Morgan fingerprint density at radius 1 is 1.00 bits per heavy atom. The molecule has 2 amide bonds. The molecule has 0 bridgehead atoms. The van der Waals surface area contributed by atoms with Crippen LogP contribution in [0.3, 0.4) is 0 Å². The second-order valence-electron chi connectivity index (χ2n) is 7.25. The minimum absolute atomic E-state index is 0.0531. The summed E-state index contributed by atoms with van der Waals surface area (Å²) in [7, 11) is 0. The Balaban J connectivity index is 1.70. The molecule has 2 aromatic carbocycles. The fourth-order valence-electron chi connectivity index (χ4n) is 2.99. The summed E-state index contributed by atoms with van der Waals surface area (Å²) in [5.74, 6) is 0.554. The fraction of sp³-hybridized carbons (Fsp3) is 0.391. The largest absolute Gasteiger partial charge is 0.493 e. The number of anilines is 2. The number of hydrogen-bond donors (Lipinski definition) is 2. The molecule has 148 valence electrons. The topological polar surface area (TPSA) is 67.4 Å². The highest BCUT2D eigenvalue weighted by atomic mass is 16.5. The molecule has 28 heavy (non-hydrogen) atoms. The van der Waals surface area contributed by atoms with E-state index in [1.54, 1.807) is 6.07 Å². The van der Waals surface area contributed by atoms with Crippen molar-refractivity contribution in [3.63, 3.8) is 0 Å². The summed E-state index contributed by atoms with van der Waals surface area (Å²) < 4.78 is 5.82. The minimum atomic E-state index is -0.222. The lowest BCUT2D eigenvalue weighted by Gasteiger charge is -2.15. The van der Waals surface area contributed by atoms with Gasteiger partial charge < -0.3 is 15.4 Å². The van der Waals surface area contributed by atoms with Gasteiger partial charge in [0.1, 0.15) is 5.75 Å². The molecule has 1 saturated carbocycles. The highest BCUT2D eigenvalue weighted by molar-refractivity contribution is 6.07. The van der Waals surface area contributed by atoms with Gasteiger partial charge in [0, 0.05) is 17.3 Å². The van der Waals surface area contributed by atoms with Crippen molar-refractivity contribution in [3.05, 3.63) is 53.6 Å². The molecule has 1 aliphatic carbocycles. The number of benzene rings is 2. The molecule has 1 aliphatic rings. The Morgan fingerprint density at radius 3 is 2.43 bits per heavy atom. The summed E-state index contributed by atoms with van der Waals surface area (Å²) in [6.07, 6.45) is 5.10. The van der Waals surface area contributed by atoms with Crippen LogP contribution in [0.15, 0.2) is 42.5 Å². The molecule has 2 aromatic rings. The number of nitrogens with one attached hydrogen (secondary N) is 2. The average molecular weight is 380 g/mol. The van der Waals surface area contributed by atoms with Crippen LogP contribution >= 0.6 is 0 Å². The van der Waals surface area contributed by atoms with Gasteiger partial charge >= 0.3 is 0 Å². The second-order valence-corrected chi connectivity index (χ2v) is 7.25. The van der Waals surface area contributed by atoms with Crippen LogP contribution in [0.5, 0.6) is 5.75 Å². The van der Waals surface area contributed by atoms with Gasteiger partial charge in [0.15, 0.2) is 0 Å². The number of unbranched alkanes of at least 4 members (excludes halogenated alkanes) is 2. The molecule has 0 aromatic heterocycles. The maximum Gasteiger partial charge on any atom is 0.259 e. The predicted molar refractivity (Wildman–Crippen MR) is 112 cm³/mol. The zero-order valence-electron chi connectivity index (χ0n) is 16.6. The van der Waals surface area contributed by atoms with E-state index in [0.29, 0.717) is 23.6 Å². The van der Waals surface area contributed by atoms with E-state index in [4.69, 9.17) is 4.74 Å². The van der Waals surface area contributed by atoms with Crippen LogP contribution in [-0.2, 0) is 4.79 Å². The molecule has 1 fully saturated rings. The Bertz CT molecular complexity index is 843. The molecule has 5 nitrogen and oxygen atoms in total. The van der Waals surface area contributed by atoms with Crippen molar-refractivity contribution in [2.24, 2.45) is 5.92 Å². The molecule has 2 N–H and O–H groups in total. The van der Waals surface area contributed by atoms with Gasteiger partial charge in [0.05, 0.1) is 12.2 Å². The maximum atomic E-state index is 12.8. The monoisotopic (exact) mass is 380 g/mol. The van der Waals surface area contributed by atoms with Crippen LogP contribution in [0.25, 0.3) is 0 Å². The molecule has 0 radical (unpaired) electrons. The molecule has 3 rings (SSSR count). The van der Waals surface area contributed by atoms with E-state index in [-0.39, 0.29) is 17.7 Å². The minimum Gasteiger partial charge on any atom is -0.493 e. The Hall–Kier alpha value is -2.82. The van der Waals surface area contributed by atoms with Crippen LogP contribution in [0, 0.1) is 12.8 Å². The molecule has 0 atom stereocenters. The van der Waals surface area contributed by atoms with Crippen molar-refractivity contribution < 1.29 is 14.3 Å². The van der Waals surface area contributed by atoms with Gasteiger partial charge in [-0.25, -0.2) is 0 Å². The lowest BCUT2D eigenvalue weighted by atomic mass is 10.1. The summed E-state index contributed by atoms with van der Waals surface area (Å²) in [5.41, 5.74) is 2.76. The van der Waals surface area contributed by atoms with Crippen LogP contribution in [-0.4, -0.2) is 18.4 Å². The van der Waals surface area contributed by atoms with Gasteiger partial charge in [0.2, 0.25) is 5.91 Å². The third-order valence-corrected chi connectivity index (χ3v) is 4.93. The standard InChI is InChI=1S/C23H28N2O3/c1-3-4-7-15-28-21-12-6-5-9-18(21)23(27)25-20-11-8-10-19(16(20)2)24-22(26)17-13-14-17/h5-6,8-12,17H,3-4,7,13-15H2,1-2H3,(H,24,26)(H,25,27). The molecule has 0 spiro atoms. The van der Waals surface area contributed by atoms with E-state index in [2.05, 4.69) is 17.6 Å². The molecular weight excluding hydrogens is 352 g/mol. The number of carbonyl (C=O) groups is 2. The summed E-state index contributed by atoms with van der Waals surface area (Å²) in [6, 6.07) is 12.8. The van der Waals surface area contributed by atoms with E-state index in [1.165, 1.54) is 0 Å². The first-order valence-corrected chi connectivity index (χ1v) is 10.0. The summed E-state index contributed by atoms with van der Waals surface area (Å²) >= 11 is 0. The van der Waals surface area contributed by atoms with Gasteiger partial charge in [-0.3, -0.25) is 9.59 Å².